The molecular formula is C12H14N2O7S. The van der Waals surface area contributed by atoms with E-state index in [2.05, 4.69) is 5.32 Å². The first-order chi connectivity index (χ1) is 10.3. The molecule has 1 aromatic carbocycles. The number of hydrogen-bond donors (Lipinski definition) is 2. The number of hydrogen-bond acceptors (Lipinski definition) is 6. The summed E-state index contributed by atoms with van der Waals surface area (Å²) in [7, 11) is -3.55. The number of benzene rings is 1. The number of amides is 2. The van der Waals surface area contributed by atoms with Gasteiger partial charge in [0, 0.05) is 7.11 Å². The molecule has 0 radical (unpaired) electrons. The first-order valence-corrected chi connectivity index (χ1v) is 7.52. The van der Waals surface area contributed by atoms with Crippen molar-refractivity contribution < 1.29 is 32.0 Å². The second-order valence-electron chi connectivity index (χ2n) is 4.51. The third-order valence-corrected chi connectivity index (χ3v) is 3.93. The summed E-state index contributed by atoms with van der Waals surface area (Å²) in [6.07, 6.45) is -0.950. The van der Waals surface area contributed by atoms with Gasteiger partial charge in [-0.2, -0.15) is 8.42 Å². The van der Waals surface area contributed by atoms with Crippen molar-refractivity contribution in [2.24, 2.45) is 0 Å². The van der Waals surface area contributed by atoms with Crippen molar-refractivity contribution >= 4 is 22.3 Å². The highest BCUT2D eigenvalue weighted by atomic mass is 32.2. The first kappa shape index (κ1) is 16.2. The average Bonchev–Trinajstić information content (AvgIpc) is 2.48. The minimum Gasteiger partial charge on any atom is -0.445 e. The van der Waals surface area contributed by atoms with Crippen LogP contribution < -0.4 is 5.32 Å². The molecule has 0 saturated carbocycles. The van der Waals surface area contributed by atoms with Crippen LogP contribution in [0.15, 0.2) is 30.3 Å². The lowest BCUT2D eigenvalue weighted by Gasteiger charge is -2.44. The molecule has 22 heavy (non-hydrogen) atoms. The Morgan fingerprint density at radius 3 is 2.55 bits per heavy atom. The number of ether oxygens (including phenoxy) is 2. The van der Waals surface area contributed by atoms with Crippen LogP contribution in [0.3, 0.4) is 0 Å². The van der Waals surface area contributed by atoms with Crippen LogP contribution in [0.25, 0.3) is 0 Å². The van der Waals surface area contributed by atoms with E-state index in [9.17, 15) is 18.0 Å². The van der Waals surface area contributed by atoms with E-state index in [1.807, 2.05) is 0 Å². The summed E-state index contributed by atoms with van der Waals surface area (Å²) < 4.78 is 40.5. The van der Waals surface area contributed by atoms with Gasteiger partial charge in [0.1, 0.15) is 6.61 Å². The van der Waals surface area contributed by atoms with E-state index >= 15 is 0 Å². The van der Waals surface area contributed by atoms with Crippen LogP contribution in [0.2, 0.25) is 0 Å². The molecule has 0 bridgehead atoms. The number of nitrogens with one attached hydrogen (secondary N) is 1. The molecule has 2 amide bonds. The number of β-lactam (4-membered cyclic amide) rings is 1. The van der Waals surface area contributed by atoms with Gasteiger partial charge < -0.3 is 9.47 Å². The summed E-state index contributed by atoms with van der Waals surface area (Å²) >= 11 is 0. The normalized spacial score (nSPS) is 21.2. The van der Waals surface area contributed by atoms with Crippen molar-refractivity contribution in [3.05, 3.63) is 35.9 Å². The van der Waals surface area contributed by atoms with Crippen LogP contribution in [0.4, 0.5) is 4.79 Å². The highest BCUT2D eigenvalue weighted by Gasteiger charge is 2.59. The molecule has 9 nitrogen and oxygen atoms in total. The van der Waals surface area contributed by atoms with E-state index in [4.69, 9.17) is 14.0 Å². The summed E-state index contributed by atoms with van der Waals surface area (Å²) in [6.45, 7) is -0.565. The third-order valence-electron chi connectivity index (χ3n) is 3.08. The third kappa shape index (κ3) is 3.18. The zero-order valence-electron chi connectivity index (χ0n) is 11.6. The number of carbonyl (C=O) groups excluding carboxylic acids is 2. The fraction of sp³-hybridized carbons (Fsp3) is 0.333. The fourth-order valence-electron chi connectivity index (χ4n) is 1.86. The van der Waals surface area contributed by atoms with E-state index < -0.39 is 34.6 Å². The lowest BCUT2D eigenvalue weighted by molar-refractivity contribution is -0.175. The van der Waals surface area contributed by atoms with E-state index in [-0.39, 0.29) is 10.9 Å². The van der Waals surface area contributed by atoms with Gasteiger partial charge in [-0.15, -0.1) is 0 Å². The quantitative estimate of drug-likeness (QED) is 0.439. The summed E-state index contributed by atoms with van der Waals surface area (Å²) in [5, 5.41) is 2.15. The van der Waals surface area contributed by atoms with Crippen LogP contribution in [0.5, 0.6) is 0 Å². The van der Waals surface area contributed by atoms with Gasteiger partial charge in [-0.1, -0.05) is 30.3 Å². The van der Waals surface area contributed by atoms with Crippen LogP contribution in [-0.4, -0.2) is 48.7 Å². The smallest absolute Gasteiger partial charge is 0.410 e. The van der Waals surface area contributed by atoms with Crippen molar-refractivity contribution in [1.29, 1.82) is 0 Å². The average molecular weight is 330 g/mol. The molecule has 10 heteroatoms. The minimum absolute atomic E-state index is 0.0251. The van der Waals surface area contributed by atoms with Gasteiger partial charge in [0.05, 0.1) is 6.54 Å². The molecule has 1 unspecified atom stereocenters. The van der Waals surface area contributed by atoms with Crippen molar-refractivity contribution in [3.8, 4) is 0 Å². The lowest BCUT2D eigenvalue weighted by atomic mass is 10.1. The molecule has 0 aromatic heterocycles. The topological polar surface area (TPSA) is 122 Å². The van der Waals surface area contributed by atoms with Gasteiger partial charge in [-0.05, 0) is 5.56 Å². The number of methoxy groups -OCH3 is 1. The Kier molecular flexibility index (Phi) is 4.35. The first-order valence-electron chi connectivity index (χ1n) is 6.12. The molecule has 0 aliphatic carbocycles. The molecule has 1 fully saturated rings. The van der Waals surface area contributed by atoms with Crippen molar-refractivity contribution in [2.75, 3.05) is 13.7 Å². The molecule has 2 rings (SSSR count). The maximum absolute atomic E-state index is 11.8. The monoisotopic (exact) mass is 330 g/mol. The van der Waals surface area contributed by atoms with Crippen LogP contribution >= 0.6 is 0 Å². The van der Waals surface area contributed by atoms with E-state index in [1.54, 1.807) is 30.3 Å². The van der Waals surface area contributed by atoms with Gasteiger partial charge in [0.25, 0.3) is 5.91 Å². The second kappa shape index (κ2) is 5.91. The number of carbonyl (C=O) groups is 2. The Labute approximate surface area is 126 Å². The zero-order valence-corrected chi connectivity index (χ0v) is 12.4. The molecule has 1 atom stereocenters. The molecular weight excluding hydrogens is 316 g/mol. The number of rotatable bonds is 5. The number of alkyl carbamates (subject to hydrolysis) is 1. The Bertz CT molecular complexity index is 676. The zero-order chi connectivity index (χ0) is 16.4. The van der Waals surface area contributed by atoms with E-state index in [0.29, 0.717) is 0 Å². The van der Waals surface area contributed by atoms with E-state index in [0.717, 1.165) is 12.7 Å². The van der Waals surface area contributed by atoms with Gasteiger partial charge in [-0.25, -0.2) is 9.10 Å². The molecule has 1 saturated heterocycles. The predicted octanol–water partition coefficient (Wildman–Crippen LogP) is -0.0995. The van der Waals surface area contributed by atoms with E-state index in [1.165, 1.54) is 0 Å². The summed E-state index contributed by atoms with van der Waals surface area (Å²) in [6, 6.07) is 8.83. The predicted molar refractivity (Wildman–Crippen MR) is 72.8 cm³/mol. The van der Waals surface area contributed by atoms with Crippen molar-refractivity contribution in [3.63, 3.8) is 0 Å². The fourth-order valence-corrected chi connectivity index (χ4v) is 2.56. The van der Waals surface area contributed by atoms with Crippen LogP contribution in [0.1, 0.15) is 5.56 Å². The van der Waals surface area contributed by atoms with Gasteiger partial charge in [-0.3, -0.25) is 14.7 Å². The SMILES string of the molecule is COC1(NC(=O)OCc2ccccc2)CN(S(=O)(=O)O)C1=O. The highest BCUT2D eigenvalue weighted by molar-refractivity contribution is 7.84. The molecule has 0 spiro atoms. The van der Waals surface area contributed by atoms with Crippen molar-refractivity contribution in [2.45, 2.75) is 12.3 Å². The van der Waals surface area contributed by atoms with Gasteiger partial charge >= 0.3 is 16.4 Å². The minimum atomic E-state index is -4.68. The standard InChI is InChI=1S/C12H14N2O7S/c1-20-12(8-14(10(12)15)22(17,18)19)13-11(16)21-7-9-5-3-2-4-6-9/h2-6H,7-8H2,1H3,(H,13,16)(H,17,18,19). The van der Waals surface area contributed by atoms with Crippen LogP contribution in [0, 0.1) is 0 Å². The molecule has 1 heterocycles. The molecule has 1 aliphatic rings. The second-order valence-corrected chi connectivity index (χ2v) is 5.84. The Morgan fingerprint density at radius 1 is 1.41 bits per heavy atom. The number of nitrogens with zero attached hydrogens (tertiary/aromatic N) is 1. The molecule has 1 aromatic rings. The summed E-state index contributed by atoms with van der Waals surface area (Å²) in [5.41, 5.74) is -1.12. The van der Waals surface area contributed by atoms with Gasteiger partial charge in [0.2, 0.25) is 5.72 Å². The maximum atomic E-state index is 11.8. The Morgan fingerprint density at radius 2 is 2.05 bits per heavy atom. The molecule has 120 valence electrons. The van der Waals surface area contributed by atoms with Crippen LogP contribution in [-0.2, 0) is 31.2 Å². The Hall–Kier alpha value is -2.17. The highest BCUT2D eigenvalue weighted by Crippen LogP contribution is 2.26. The largest absolute Gasteiger partial charge is 0.445 e. The summed E-state index contributed by atoms with van der Waals surface area (Å²) in [4.78, 5) is 23.5. The van der Waals surface area contributed by atoms with Gasteiger partial charge in [0.15, 0.2) is 0 Å². The molecule has 2 N–H and O–H groups in total. The Balaban J connectivity index is 1.94. The maximum Gasteiger partial charge on any atom is 0.410 e. The lowest BCUT2D eigenvalue weighted by Crippen LogP contribution is -2.76. The van der Waals surface area contributed by atoms with Crippen molar-refractivity contribution in [1.82, 2.24) is 9.62 Å². The summed E-state index contributed by atoms with van der Waals surface area (Å²) in [5.74, 6) is -1.10. The molecule has 1 aliphatic heterocycles.